The van der Waals surface area contributed by atoms with E-state index in [2.05, 4.69) is 137 Å². The molecule has 2 aliphatic rings. The number of nitrogens with zero attached hydrogens (tertiary/aromatic N) is 2. The average Bonchev–Trinajstić information content (AvgIpc) is 3.53. The molecule has 6 aromatic carbocycles. The second-order valence-corrected chi connectivity index (χ2v) is 12.0. The molecule has 0 bridgehead atoms. The molecule has 2 aromatic heterocycles. The molecule has 0 saturated carbocycles. The molecule has 40 heavy (non-hydrogen) atoms. The molecule has 0 fully saturated rings. The third-order valence-electron chi connectivity index (χ3n) is 8.98. The van der Waals surface area contributed by atoms with E-state index in [1.165, 1.54) is 81.2 Å². The Kier molecular flexibility index (Phi) is 3.97. The Bertz CT molecular complexity index is 2320. The predicted octanol–water partition coefficient (Wildman–Crippen LogP) is 7.18. The molecule has 184 valence electrons. The van der Waals surface area contributed by atoms with Crippen LogP contribution >= 0.6 is 11.8 Å². The van der Waals surface area contributed by atoms with Gasteiger partial charge in [0.25, 0.3) is 0 Å². The van der Waals surface area contributed by atoms with Crippen molar-refractivity contribution in [2.24, 2.45) is 0 Å². The van der Waals surface area contributed by atoms with Crippen LogP contribution in [0.2, 0.25) is 0 Å². The van der Waals surface area contributed by atoms with E-state index < -0.39 is 0 Å². The molecule has 0 aliphatic carbocycles. The summed E-state index contributed by atoms with van der Waals surface area (Å²) in [6.45, 7) is 0.191. The van der Waals surface area contributed by atoms with Crippen LogP contribution in [-0.4, -0.2) is 15.8 Å². The molecule has 0 saturated heterocycles. The zero-order chi connectivity index (χ0) is 25.9. The third-order valence-corrected chi connectivity index (χ3v) is 10.1. The summed E-state index contributed by atoms with van der Waals surface area (Å²) in [5.74, 6) is 0. The average molecular weight is 524 g/mol. The van der Waals surface area contributed by atoms with Crippen molar-refractivity contribution in [1.29, 1.82) is 0 Å². The summed E-state index contributed by atoms with van der Waals surface area (Å²) < 4.78 is 5.07. The summed E-state index contributed by atoms with van der Waals surface area (Å²) in [7, 11) is 0. The van der Waals surface area contributed by atoms with Gasteiger partial charge in [0.05, 0.1) is 27.9 Å². The highest BCUT2D eigenvalue weighted by Gasteiger charge is 2.40. The van der Waals surface area contributed by atoms with E-state index >= 15 is 0 Å². The fourth-order valence-electron chi connectivity index (χ4n) is 7.46. The lowest BCUT2D eigenvalue weighted by atomic mass is 9.35. The van der Waals surface area contributed by atoms with Crippen molar-refractivity contribution in [1.82, 2.24) is 9.13 Å². The SMILES string of the molecule is c1ccc2c(c1)Sc1ccc(-n3c4ccccc4c4ccccc43)c3c1B2c1cccc2c4ccccc4n-3c12. The molecule has 2 aliphatic heterocycles. The Hall–Kier alpha value is -4.67. The van der Waals surface area contributed by atoms with Gasteiger partial charge in [0.1, 0.15) is 0 Å². The maximum Gasteiger partial charge on any atom is 0.249 e. The van der Waals surface area contributed by atoms with E-state index in [9.17, 15) is 0 Å². The number of aromatic nitrogens is 2. The minimum Gasteiger partial charge on any atom is -0.308 e. The molecular weight excluding hydrogens is 503 g/mol. The second kappa shape index (κ2) is 7.50. The first kappa shape index (κ1) is 21.2. The van der Waals surface area contributed by atoms with Crippen LogP contribution in [0, 0.1) is 0 Å². The van der Waals surface area contributed by atoms with Crippen molar-refractivity contribution >= 4 is 78.5 Å². The van der Waals surface area contributed by atoms with Gasteiger partial charge in [-0.2, -0.15) is 0 Å². The van der Waals surface area contributed by atoms with Crippen LogP contribution in [0.25, 0.3) is 55.0 Å². The first-order chi connectivity index (χ1) is 19.9. The molecule has 4 heterocycles. The normalized spacial score (nSPS) is 13.3. The van der Waals surface area contributed by atoms with Crippen molar-refractivity contribution < 1.29 is 0 Å². The molecule has 0 unspecified atom stereocenters. The Labute approximate surface area is 235 Å². The van der Waals surface area contributed by atoms with Crippen molar-refractivity contribution in [2.45, 2.75) is 9.79 Å². The third kappa shape index (κ3) is 2.49. The zero-order valence-electron chi connectivity index (χ0n) is 21.5. The topological polar surface area (TPSA) is 9.86 Å². The van der Waals surface area contributed by atoms with Crippen molar-refractivity contribution in [3.05, 3.63) is 127 Å². The van der Waals surface area contributed by atoms with Crippen molar-refractivity contribution in [3.63, 3.8) is 0 Å². The zero-order valence-corrected chi connectivity index (χ0v) is 22.3. The van der Waals surface area contributed by atoms with Crippen LogP contribution in [0.5, 0.6) is 0 Å². The predicted molar refractivity (Wildman–Crippen MR) is 170 cm³/mol. The van der Waals surface area contributed by atoms with Gasteiger partial charge >= 0.3 is 0 Å². The molecule has 0 spiro atoms. The fourth-order valence-corrected chi connectivity index (χ4v) is 8.61. The highest BCUT2D eigenvalue weighted by Crippen LogP contribution is 2.42. The molecule has 0 atom stereocenters. The van der Waals surface area contributed by atoms with E-state index in [-0.39, 0.29) is 6.71 Å². The van der Waals surface area contributed by atoms with Crippen molar-refractivity contribution in [3.8, 4) is 11.4 Å². The number of hydrogen-bond donors (Lipinski definition) is 0. The number of benzene rings is 6. The van der Waals surface area contributed by atoms with Gasteiger partial charge in [-0.25, -0.2) is 0 Å². The summed E-state index contributed by atoms with van der Waals surface area (Å²) in [5.41, 5.74) is 11.9. The van der Waals surface area contributed by atoms with E-state index in [4.69, 9.17) is 0 Å². The van der Waals surface area contributed by atoms with Crippen LogP contribution in [0.1, 0.15) is 0 Å². The monoisotopic (exact) mass is 524 g/mol. The molecule has 4 heteroatoms. The van der Waals surface area contributed by atoms with Crippen LogP contribution in [0.15, 0.2) is 137 Å². The number of para-hydroxylation sites is 4. The molecule has 2 nitrogen and oxygen atoms in total. The quantitative estimate of drug-likeness (QED) is 0.207. The first-order valence-corrected chi connectivity index (χ1v) is 14.6. The molecule has 0 N–H and O–H groups in total. The van der Waals surface area contributed by atoms with Crippen LogP contribution < -0.4 is 16.4 Å². The standard InChI is InChI=1S/C36H21BN2S/c1-5-16-28-22(10-1)23-11-2-6-17-29(23)38(28)31-20-21-33-34-36(31)39-30-18-7-3-12-24(30)25-13-9-15-27(35(25)39)37(34)26-14-4-8-19-32(26)40-33/h1-21H. The summed E-state index contributed by atoms with van der Waals surface area (Å²) in [6.07, 6.45) is 0. The Morgan fingerprint density at radius 1 is 0.450 bits per heavy atom. The van der Waals surface area contributed by atoms with Crippen LogP contribution in [-0.2, 0) is 0 Å². The van der Waals surface area contributed by atoms with Crippen LogP contribution in [0.3, 0.4) is 0 Å². The first-order valence-electron chi connectivity index (χ1n) is 13.8. The van der Waals surface area contributed by atoms with Crippen molar-refractivity contribution in [2.75, 3.05) is 0 Å². The van der Waals surface area contributed by atoms with E-state index in [0.717, 1.165) is 0 Å². The minimum absolute atomic E-state index is 0.191. The lowest BCUT2D eigenvalue weighted by Gasteiger charge is -2.34. The van der Waals surface area contributed by atoms with E-state index in [0.29, 0.717) is 0 Å². The Morgan fingerprint density at radius 2 is 1.02 bits per heavy atom. The summed E-state index contributed by atoms with van der Waals surface area (Å²) >= 11 is 1.91. The van der Waals surface area contributed by atoms with Gasteiger partial charge < -0.3 is 9.13 Å². The lowest BCUT2D eigenvalue weighted by molar-refractivity contribution is 1.09. The van der Waals surface area contributed by atoms with Gasteiger partial charge in [-0.1, -0.05) is 108 Å². The maximum atomic E-state index is 2.57. The largest absolute Gasteiger partial charge is 0.308 e. The Balaban J connectivity index is 1.46. The number of hydrogen-bond acceptors (Lipinski definition) is 1. The van der Waals surface area contributed by atoms with Gasteiger partial charge in [0, 0.05) is 36.9 Å². The summed E-state index contributed by atoms with van der Waals surface area (Å²) in [6, 6.07) is 47.2. The summed E-state index contributed by atoms with van der Waals surface area (Å²) in [4.78, 5) is 2.71. The van der Waals surface area contributed by atoms with Gasteiger partial charge in [-0.15, -0.1) is 0 Å². The number of fused-ring (bicyclic) bond motifs is 10. The highest BCUT2D eigenvalue weighted by molar-refractivity contribution is 8.00. The molecule has 8 aromatic rings. The Morgan fingerprint density at radius 3 is 1.77 bits per heavy atom. The highest BCUT2D eigenvalue weighted by atomic mass is 32.2. The molecule has 0 amide bonds. The molecule has 10 rings (SSSR count). The number of rotatable bonds is 1. The van der Waals surface area contributed by atoms with Gasteiger partial charge in [-0.3, -0.25) is 0 Å². The van der Waals surface area contributed by atoms with Gasteiger partial charge in [0.2, 0.25) is 6.71 Å². The summed E-state index contributed by atoms with van der Waals surface area (Å²) in [5, 5.41) is 5.22. The fraction of sp³-hybridized carbons (Fsp3) is 0. The lowest BCUT2D eigenvalue weighted by Crippen LogP contribution is -2.58. The van der Waals surface area contributed by atoms with Crippen LogP contribution in [0.4, 0.5) is 0 Å². The van der Waals surface area contributed by atoms with E-state index in [1.807, 2.05) is 11.8 Å². The smallest absolute Gasteiger partial charge is 0.249 e. The van der Waals surface area contributed by atoms with Gasteiger partial charge in [-0.05, 0) is 47.3 Å². The molecular formula is C36H21BN2S. The van der Waals surface area contributed by atoms with E-state index in [1.54, 1.807) is 0 Å². The second-order valence-electron chi connectivity index (χ2n) is 10.9. The van der Waals surface area contributed by atoms with Gasteiger partial charge in [0.15, 0.2) is 0 Å². The maximum absolute atomic E-state index is 2.57. The molecule has 0 radical (unpaired) electrons. The minimum atomic E-state index is 0.191.